The molecule has 1 aromatic carbocycles. The van der Waals surface area contributed by atoms with Gasteiger partial charge in [-0.15, -0.1) is 0 Å². The lowest BCUT2D eigenvalue weighted by Crippen LogP contribution is -2.09. The second-order valence-electron chi connectivity index (χ2n) is 3.66. The van der Waals surface area contributed by atoms with Crippen LogP contribution in [0.3, 0.4) is 0 Å². The van der Waals surface area contributed by atoms with E-state index in [1.54, 1.807) is 12.1 Å². The Morgan fingerprint density at radius 1 is 1.44 bits per heavy atom. The highest BCUT2D eigenvalue weighted by molar-refractivity contribution is 7.92. The van der Waals surface area contributed by atoms with E-state index in [1.165, 1.54) is 0 Å². The van der Waals surface area contributed by atoms with Crippen molar-refractivity contribution in [2.24, 2.45) is 0 Å². The van der Waals surface area contributed by atoms with Crippen molar-refractivity contribution in [3.05, 3.63) is 30.3 Å². The average Bonchev–Trinajstić information content (AvgIpc) is 2.15. The van der Waals surface area contributed by atoms with E-state index in [9.17, 15) is 8.42 Å². The first-order chi connectivity index (χ1) is 7.33. The minimum absolute atomic E-state index is 0. The first kappa shape index (κ1) is 12.6. The molecule has 0 saturated heterocycles. The predicted molar refractivity (Wildman–Crippen MR) is 73.4 cm³/mol. The fraction of sp³-hybridized carbons (Fsp3) is 0.273. The average molecular weight is 244 g/mol. The van der Waals surface area contributed by atoms with Gasteiger partial charge in [0.05, 0.1) is 6.26 Å². The molecule has 1 aromatic rings. The second-order valence-corrected chi connectivity index (χ2v) is 5.41. The molecule has 4 nitrogen and oxygen atoms in total. The molecule has 0 radical (unpaired) electrons. The van der Waals surface area contributed by atoms with E-state index in [0.717, 1.165) is 23.1 Å². The molecule has 0 atom stereocenters. The number of hydrogen-bond donors (Lipinski definition) is 2. The Kier molecular flexibility index (Phi) is 3.59. The van der Waals surface area contributed by atoms with E-state index >= 15 is 0 Å². The van der Waals surface area contributed by atoms with Crippen LogP contribution in [0.5, 0.6) is 0 Å². The minimum atomic E-state index is -3.24. The van der Waals surface area contributed by atoms with Gasteiger partial charge in [-0.3, -0.25) is 4.72 Å². The molecule has 0 aliphatic rings. The first-order valence-corrected chi connectivity index (χ1v) is 6.68. The molecule has 0 aliphatic carbocycles. The van der Waals surface area contributed by atoms with Gasteiger partial charge in [0.25, 0.3) is 0 Å². The van der Waals surface area contributed by atoms with Gasteiger partial charge in [0.2, 0.25) is 10.0 Å². The number of anilines is 2. The van der Waals surface area contributed by atoms with Crippen LogP contribution < -0.4 is 10.0 Å². The zero-order valence-corrected chi connectivity index (χ0v) is 10.5. The summed E-state index contributed by atoms with van der Waals surface area (Å²) >= 11 is 0. The summed E-state index contributed by atoms with van der Waals surface area (Å²) in [5.41, 5.74) is 3.24. The molecule has 2 N–H and O–H groups in total. The van der Waals surface area contributed by atoms with Crippen molar-refractivity contribution in [2.75, 3.05) is 23.3 Å². The molecule has 0 unspecified atom stereocenters. The van der Waals surface area contributed by atoms with Crippen LogP contribution >= 0.6 is 0 Å². The zero-order chi connectivity index (χ0) is 12.3. The number of rotatable bonds is 4. The number of benzene rings is 1. The molecular weight excluding hydrogens is 224 g/mol. The molecule has 0 amide bonds. The molecule has 0 saturated carbocycles. The van der Waals surface area contributed by atoms with Crippen LogP contribution in [0.1, 0.15) is 15.3 Å². The summed E-state index contributed by atoms with van der Waals surface area (Å²) in [5, 5.41) is 3.03. The molecular formula is C11H20N2O2S. The highest BCUT2D eigenvalue weighted by Gasteiger charge is 2.06. The molecule has 16 heavy (non-hydrogen) atoms. The Morgan fingerprint density at radius 2 is 2.06 bits per heavy atom. The third kappa shape index (κ3) is 3.27. The van der Waals surface area contributed by atoms with Crippen molar-refractivity contribution in [1.29, 1.82) is 0 Å². The van der Waals surface area contributed by atoms with Crippen LogP contribution in [0.2, 0.25) is 0 Å². The molecule has 0 fully saturated rings. The summed E-state index contributed by atoms with van der Waals surface area (Å²) < 4.78 is 24.6. The van der Waals surface area contributed by atoms with E-state index in [-0.39, 0.29) is 2.85 Å². The van der Waals surface area contributed by atoms with Crippen molar-refractivity contribution in [3.63, 3.8) is 0 Å². The molecule has 0 aliphatic heterocycles. The third-order valence-corrected chi connectivity index (χ3v) is 2.66. The van der Waals surface area contributed by atoms with Gasteiger partial charge in [-0.05, 0) is 30.7 Å². The Labute approximate surface area is 99.4 Å². The SMILES string of the molecule is C=C(C)c1cc(NS(C)(=O)=O)ccc1NC.[HH].[HH]. The van der Waals surface area contributed by atoms with Gasteiger partial charge in [-0.2, -0.15) is 0 Å². The van der Waals surface area contributed by atoms with Gasteiger partial charge in [0.1, 0.15) is 0 Å². The molecule has 0 heterocycles. The van der Waals surface area contributed by atoms with Crippen LogP contribution in [-0.4, -0.2) is 21.7 Å². The Bertz CT molecular complexity index is 516. The van der Waals surface area contributed by atoms with Gasteiger partial charge in [0, 0.05) is 26.8 Å². The topological polar surface area (TPSA) is 58.2 Å². The lowest BCUT2D eigenvalue weighted by Gasteiger charge is -2.11. The third-order valence-electron chi connectivity index (χ3n) is 2.05. The lowest BCUT2D eigenvalue weighted by atomic mass is 10.1. The van der Waals surface area contributed by atoms with Crippen LogP contribution in [0.25, 0.3) is 5.57 Å². The van der Waals surface area contributed by atoms with E-state index < -0.39 is 10.0 Å². The fourth-order valence-corrected chi connectivity index (χ4v) is 1.95. The van der Waals surface area contributed by atoms with Crippen molar-refractivity contribution in [1.82, 2.24) is 0 Å². The van der Waals surface area contributed by atoms with Gasteiger partial charge in [-0.1, -0.05) is 6.58 Å². The quantitative estimate of drug-likeness (QED) is 0.856. The van der Waals surface area contributed by atoms with Crippen molar-refractivity contribution >= 4 is 27.0 Å². The summed E-state index contributed by atoms with van der Waals surface area (Å²) in [6.45, 7) is 5.73. The molecule has 92 valence electrons. The smallest absolute Gasteiger partial charge is 0.229 e. The van der Waals surface area contributed by atoms with Gasteiger partial charge < -0.3 is 5.32 Å². The minimum Gasteiger partial charge on any atom is -0.388 e. The standard InChI is InChI=1S/C11H16N2O2S.2H2/c1-8(2)10-7-9(13-16(4,14)15)5-6-11(10)12-3;;/h5-7,12-13H,1H2,2-4H3;2*1H. The maximum atomic E-state index is 11.1. The summed E-state index contributed by atoms with van der Waals surface area (Å²) in [5.74, 6) is 0. The monoisotopic (exact) mass is 244 g/mol. The Morgan fingerprint density at radius 3 is 2.50 bits per heavy atom. The van der Waals surface area contributed by atoms with Crippen LogP contribution in [-0.2, 0) is 10.0 Å². The van der Waals surface area contributed by atoms with E-state index in [0.29, 0.717) is 5.69 Å². The Balaban J connectivity index is 0. The highest BCUT2D eigenvalue weighted by Crippen LogP contribution is 2.26. The second kappa shape index (κ2) is 4.57. The molecule has 0 spiro atoms. The zero-order valence-electron chi connectivity index (χ0n) is 9.66. The van der Waals surface area contributed by atoms with Gasteiger partial charge >= 0.3 is 0 Å². The normalized spacial score (nSPS) is 10.9. The summed E-state index contributed by atoms with van der Waals surface area (Å²) in [7, 11) is -1.43. The van der Waals surface area contributed by atoms with Crippen LogP contribution in [0, 0.1) is 0 Å². The molecule has 5 heteroatoms. The number of sulfonamides is 1. The maximum absolute atomic E-state index is 11.1. The van der Waals surface area contributed by atoms with Crippen molar-refractivity contribution < 1.29 is 11.3 Å². The number of hydrogen-bond acceptors (Lipinski definition) is 3. The predicted octanol–water partition coefficient (Wildman–Crippen LogP) is 2.62. The molecule has 0 aromatic heterocycles. The van der Waals surface area contributed by atoms with E-state index in [2.05, 4.69) is 16.6 Å². The van der Waals surface area contributed by atoms with Crippen molar-refractivity contribution in [2.45, 2.75) is 6.92 Å². The van der Waals surface area contributed by atoms with Gasteiger partial charge in [-0.25, -0.2) is 8.42 Å². The summed E-state index contributed by atoms with van der Waals surface area (Å²) in [4.78, 5) is 0. The van der Waals surface area contributed by atoms with Gasteiger partial charge in [0.15, 0.2) is 0 Å². The van der Waals surface area contributed by atoms with E-state index in [1.807, 2.05) is 20.0 Å². The van der Waals surface area contributed by atoms with Crippen LogP contribution in [0.4, 0.5) is 11.4 Å². The maximum Gasteiger partial charge on any atom is 0.229 e. The molecule has 0 bridgehead atoms. The summed E-state index contributed by atoms with van der Waals surface area (Å²) in [6.07, 6.45) is 1.12. The highest BCUT2D eigenvalue weighted by atomic mass is 32.2. The Hall–Kier alpha value is -1.49. The fourth-order valence-electron chi connectivity index (χ4n) is 1.39. The largest absolute Gasteiger partial charge is 0.388 e. The van der Waals surface area contributed by atoms with E-state index in [4.69, 9.17) is 0 Å². The van der Waals surface area contributed by atoms with Crippen LogP contribution in [0.15, 0.2) is 24.8 Å². The number of allylic oxidation sites excluding steroid dienone is 1. The summed E-state index contributed by atoms with van der Waals surface area (Å²) in [6, 6.07) is 5.28. The number of nitrogens with one attached hydrogen (secondary N) is 2. The van der Waals surface area contributed by atoms with Crippen molar-refractivity contribution in [3.8, 4) is 0 Å². The molecule has 1 rings (SSSR count). The first-order valence-electron chi connectivity index (χ1n) is 4.79. The lowest BCUT2D eigenvalue weighted by molar-refractivity contribution is 0.607.